The number of rotatable bonds is 4. The van der Waals surface area contributed by atoms with Crippen LogP contribution in [0.25, 0.3) is 0 Å². The SMILES string of the molecule is CC(C)CNC(=S)NN=Cc1ccccc1. The van der Waals surface area contributed by atoms with Gasteiger partial charge in [0.2, 0.25) is 0 Å². The van der Waals surface area contributed by atoms with Crippen LogP contribution < -0.4 is 10.7 Å². The number of thiocarbonyl (C=S) groups is 1. The maximum absolute atomic E-state index is 5.05. The van der Waals surface area contributed by atoms with Crippen LogP contribution in [-0.4, -0.2) is 17.9 Å². The first kappa shape index (κ1) is 12.6. The summed E-state index contributed by atoms with van der Waals surface area (Å²) in [6, 6.07) is 9.87. The van der Waals surface area contributed by atoms with E-state index in [9.17, 15) is 0 Å². The standard InChI is InChI=1S/C12H17N3S/c1-10(2)8-13-12(16)15-14-9-11-6-4-3-5-7-11/h3-7,9-10H,8H2,1-2H3,(H2,13,15,16). The molecule has 0 fully saturated rings. The maximum atomic E-state index is 5.05. The van der Waals surface area contributed by atoms with E-state index in [-0.39, 0.29) is 0 Å². The largest absolute Gasteiger partial charge is 0.361 e. The summed E-state index contributed by atoms with van der Waals surface area (Å²) in [6.07, 6.45) is 1.74. The van der Waals surface area contributed by atoms with Crippen LogP contribution in [0, 0.1) is 5.92 Å². The van der Waals surface area contributed by atoms with Crippen molar-refractivity contribution in [1.82, 2.24) is 10.7 Å². The van der Waals surface area contributed by atoms with Crippen LogP contribution in [0.5, 0.6) is 0 Å². The molecule has 0 aliphatic rings. The molecular formula is C12H17N3S. The Balaban J connectivity index is 2.29. The van der Waals surface area contributed by atoms with Crippen LogP contribution in [0.4, 0.5) is 0 Å². The van der Waals surface area contributed by atoms with Crippen molar-refractivity contribution >= 4 is 23.5 Å². The average molecular weight is 235 g/mol. The lowest BCUT2D eigenvalue weighted by Gasteiger charge is -2.08. The van der Waals surface area contributed by atoms with Gasteiger partial charge in [0, 0.05) is 6.54 Å². The molecule has 0 saturated heterocycles. The summed E-state index contributed by atoms with van der Waals surface area (Å²) in [6.45, 7) is 5.11. The molecule has 1 aromatic carbocycles. The van der Waals surface area contributed by atoms with Gasteiger partial charge in [-0.3, -0.25) is 5.43 Å². The quantitative estimate of drug-likeness (QED) is 0.477. The molecular weight excluding hydrogens is 218 g/mol. The van der Waals surface area contributed by atoms with Gasteiger partial charge in [0.1, 0.15) is 0 Å². The highest BCUT2D eigenvalue weighted by atomic mass is 32.1. The monoisotopic (exact) mass is 235 g/mol. The minimum Gasteiger partial charge on any atom is -0.361 e. The summed E-state index contributed by atoms with van der Waals surface area (Å²) in [5, 5.41) is 7.67. The molecule has 0 atom stereocenters. The normalized spacial score (nSPS) is 10.7. The Morgan fingerprint density at radius 3 is 2.69 bits per heavy atom. The first-order chi connectivity index (χ1) is 7.68. The van der Waals surface area contributed by atoms with Crippen molar-refractivity contribution in [2.75, 3.05) is 6.54 Å². The summed E-state index contributed by atoms with van der Waals surface area (Å²) in [4.78, 5) is 0. The molecule has 0 radical (unpaired) electrons. The topological polar surface area (TPSA) is 36.4 Å². The Hall–Kier alpha value is -1.42. The molecule has 0 spiro atoms. The predicted octanol–water partition coefficient (Wildman–Crippen LogP) is 2.14. The third-order valence-corrected chi connectivity index (χ3v) is 2.09. The van der Waals surface area contributed by atoms with Gasteiger partial charge in [0.05, 0.1) is 6.21 Å². The zero-order valence-electron chi connectivity index (χ0n) is 9.60. The van der Waals surface area contributed by atoms with Gasteiger partial charge in [-0.05, 0) is 23.7 Å². The highest BCUT2D eigenvalue weighted by Gasteiger charge is 1.95. The lowest BCUT2D eigenvalue weighted by Crippen LogP contribution is -2.34. The second-order valence-corrected chi connectivity index (χ2v) is 4.29. The van der Waals surface area contributed by atoms with Crippen molar-refractivity contribution in [3.05, 3.63) is 35.9 Å². The molecule has 0 heterocycles. The van der Waals surface area contributed by atoms with E-state index >= 15 is 0 Å². The smallest absolute Gasteiger partial charge is 0.186 e. The molecule has 0 saturated carbocycles. The van der Waals surface area contributed by atoms with Crippen LogP contribution in [0.1, 0.15) is 19.4 Å². The van der Waals surface area contributed by atoms with Gasteiger partial charge in [-0.2, -0.15) is 5.10 Å². The van der Waals surface area contributed by atoms with Crippen LogP contribution in [-0.2, 0) is 0 Å². The van der Waals surface area contributed by atoms with Crippen LogP contribution >= 0.6 is 12.2 Å². The zero-order valence-corrected chi connectivity index (χ0v) is 10.4. The first-order valence-corrected chi connectivity index (χ1v) is 5.71. The third-order valence-electron chi connectivity index (χ3n) is 1.85. The Bertz CT molecular complexity index is 347. The van der Waals surface area contributed by atoms with Crippen molar-refractivity contribution in [1.29, 1.82) is 0 Å². The summed E-state index contributed by atoms with van der Waals surface area (Å²) >= 11 is 5.05. The van der Waals surface area contributed by atoms with Gasteiger partial charge in [0.25, 0.3) is 0 Å². The Labute approximate surface area is 102 Å². The molecule has 0 aliphatic carbocycles. The molecule has 0 aromatic heterocycles. The molecule has 0 amide bonds. The molecule has 1 rings (SSSR count). The van der Waals surface area contributed by atoms with Gasteiger partial charge in [-0.1, -0.05) is 44.2 Å². The summed E-state index contributed by atoms with van der Waals surface area (Å²) in [5.74, 6) is 0.567. The molecule has 86 valence electrons. The Kier molecular flexibility index (Phi) is 5.50. The molecule has 0 unspecified atom stereocenters. The van der Waals surface area contributed by atoms with E-state index in [4.69, 9.17) is 12.2 Å². The van der Waals surface area contributed by atoms with Gasteiger partial charge in [-0.25, -0.2) is 0 Å². The van der Waals surface area contributed by atoms with E-state index in [0.29, 0.717) is 11.0 Å². The van der Waals surface area contributed by atoms with Gasteiger partial charge < -0.3 is 5.32 Å². The summed E-state index contributed by atoms with van der Waals surface area (Å²) in [5.41, 5.74) is 3.82. The average Bonchev–Trinajstić information content (AvgIpc) is 2.28. The number of hydrogen-bond donors (Lipinski definition) is 2. The minimum atomic E-state index is 0.556. The zero-order chi connectivity index (χ0) is 11.8. The highest BCUT2D eigenvalue weighted by molar-refractivity contribution is 7.80. The van der Waals surface area contributed by atoms with E-state index in [1.807, 2.05) is 30.3 Å². The molecule has 3 nitrogen and oxygen atoms in total. The molecule has 0 bridgehead atoms. The molecule has 2 N–H and O–H groups in total. The second kappa shape index (κ2) is 6.95. The van der Waals surface area contributed by atoms with E-state index in [1.165, 1.54) is 0 Å². The lowest BCUT2D eigenvalue weighted by atomic mass is 10.2. The fraction of sp³-hybridized carbons (Fsp3) is 0.333. The van der Waals surface area contributed by atoms with Crippen LogP contribution in [0.3, 0.4) is 0 Å². The lowest BCUT2D eigenvalue weighted by molar-refractivity contribution is 0.621. The Morgan fingerprint density at radius 1 is 1.38 bits per heavy atom. The molecule has 1 aromatic rings. The fourth-order valence-corrected chi connectivity index (χ4v) is 1.18. The number of benzene rings is 1. The van der Waals surface area contributed by atoms with E-state index in [2.05, 4.69) is 29.7 Å². The van der Waals surface area contributed by atoms with Crippen molar-refractivity contribution in [3.8, 4) is 0 Å². The molecule has 0 aliphatic heterocycles. The van der Waals surface area contributed by atoms with Crippen molar-refractivity contribution < 1.29 is 0 Å². The second-order valence-electron chi connectivity index (χ2n) is 3.88. The fourth-order valence-electron chi connectivity index (χ4n) is 1.04. The predicted molar refractivity (Wildman–Crippen MR) is 72.6 cm³/mol. The van der Waals surface area contributed by atoms with Crippen molar-refractivity contribution in [2.24, 2.45) is 11.0 Å². The van der Waals surface area contributed by atoms with Gasteiger partial charge >= 0.3 is 0 Å². The van der Waals surface area contributed by atoms with Gasteiger partial charge in [-0.15, -0.1) is 0 Å². The van der Waals surface area contributed by atoms with Crippen molar-refractivity contribution in [3.63, 3.8) is 0 Å². The van der Waals surface area contributed by atoms with Crippen molar-refractivity contribution in [2.45, 2.75) is 13.8 Å². The molecule has 16 heavy (non-hydrogen) atoms. The molecule has 4 heteroatoms. The summed E-state index contributed by atoms with van der Waals surface area (Å²) < 4.78 is 0. The van der Waals surface area contributed by atoms with E-state index in [0.717, 1.165) is 12.1 Å². The third kappa shape index (κ3) is 5.46. The van der Waals surface area contributed by atoms with Crippen LogP contribution in [0.15, 0.2) is 35.4 Å². The van der Waals surface area contributed by atoms with E-state index < -0.39 is 0 Å². The summed E-state index contributed by atoms with van der Waals surface area (Å²) in [7, 11) is 0. The number of nitrogens with one attached hydrogen (secondary N) is 2. The number of nitrogens with zero attached hydrogens (tertiary/aromatic N) is 1. The number of hydrogen-bond acceptors (Lipinski definition) is 2. The van der Waals surface area contributed by atoms with Gasteiger partial charge in [0.15, 0.2) is 5.11 Å². The number of hydrazone groups is 1. The Morgan fingerprint density at radius 2 is 2.06 bits per heavy atom. The van der Waals surface area contributed by atoms with E-state index in [1.54, 1.807) is 6.21 Å². The first-order valence-electron chi connectivity index (χ1n) is 5.30. The maximum Gasteiger partial charge on any atom is 0.186 e. The highest BCUT2D eigenvalue weighted by Crippen LogP contribution is 1.93. The minimum absolute atomic E-state index is 0.556. The van der Waals surface area contributed by atoms with Crippen LogP contribution in [0.2, 0.25) is 0 Å².